The van der Waals surface area contributed by atoms with Crippen LogP contribution in [0.3, 0.4) is 0 Å². The molecule has 0 aliphatic carbocycles. The molecule has 0 bridgehead atoms. The summed E-state index contributed by atoms with van der Waals surface area (Å²) in [5.41, 5.74) is 1.47. The van der Waals surface area contributed by atoms with Gasteiger partial charge in [-0.1, -0.05) is 18.2 Å². The summed E-state index contributed by atoms with van der Waals surface area (Å²) in [6, 6.07) is 7.27. The number of para-hydroxylation sites is 1. The number of nitrogens with zero attached hydrogens (tertiary/aromatic N) is 3. The summed E-state index contributed by atoms with van der Waals surface area (Å²) in [7, 11) is 0. The maximum absolute atomic E-state index is 11.0. The summed E-state index contributed by atoms with van der Waals surface area (Å²) in [6.45, 7) is 1.65. The van der Waals surface area contributed by atoms with E-state index < -0.39 is 11.9 Å². The molecule has 1 N–H and O–H groups in total. The standard InChI is InChI=1S/C11H11N3O2/c1-8(11(15)16)9-4-2-3-5-10(9)14-7-12-6-13-14/h2-8H,1H3,(H,15,16). The van der Waals surface area contributed by atoms with Crippen molar-refractivity contribution in [1.29, 1.82) is 0 Å². The third-order valence-corrected chi connectivity index (χ3v) is 2.44. The average molecular weight is 217 g/mol. The van der Waals surface area contributed by atoms with Gasteiger partial charge in [0.05, 0.1) is 11.6 Å². The molecule has 5 heteroatoms. The molecule has 5 nitrogen and oxygen atoms in total. The smallest absolute Gasteiger partial charge is 0.310 e. The highest BCUT2D eigenvalue weighted by atomic mass is 16.4. The predicted molar refractivity (Wildman–Crippen MR) is 57.4 cm³/mol. The van der Waals surface area contributed by atoms with Crippen molar-refractivity contribution in [2.75, 3.05) is 0 Å². The number of aliphatic carboxylic acids is 1. The maximum Gasteiger partial charge on any atom is 0.310 e. The van der Waals surface area contributed by atoms with Crippen molar-refractivity contribution in [1.82, 2.24) is 14.8 Å². The van der Waals surface area contributed by atoms with E-state index in [4.69, 9.17) is 5.11 Å². The number of rotatable bonds is 3. The molecule has 0 aliphatic heterocycles. The first kappa shape index (κ1) is 10.4. The molecule has 0 radical (unpaired) electrons. The van der Waals surface area contributed by atoms with E-state index in [1.54, 1.807) is 24.0 Å². The number of hydrogen-bond acceptors (Lipinski definition) is 3. The zero-order chi connectivity index (χ0) is 11.5. The Morgan fingerprint density at radius 1 is 1.44 bits per heavy atom. The van der Waals surface area contributed by atoms with E-state index in [0.717, 1.165) is 11.3 Å². The largest absolute Gasteiger partial charge is 0.481 e. The summed E-state index contributed by atoms with van der Waals surface area (Å²) >= 11 is 0. The van der Waals surface area contributed by atoms with E-state index in [9.17, 15) is 4.79 Å². The van der Waals surface area contributed by atoms with Crippen LogP contribution < -0.4 is 0 Å². The third-order valence-electron chi connectivity index (χ3n) is 2.44. The number of hydrogen-bond donors (Lipinski definition) is 1. The number of aromatic nitrogens is 3. The molecule has 0 aliphatic rings. The summed E-state index contributed by atoms with van der Waals surface area (Å²) in [5, 5.41) is 13.0. The van der Waals surface area contributed by atoms with Crippen LogP contribution in [0.15, 0.2) is 36.9 Å². The van der Waals surface area contributed by atoms with Gasteiger partial charge >= 0.3 is 5.97 Å². The minimum atomic E-state index is -0.854. The summed E-state index contributed by atoms with van der Waals surface area (Å²) in [4.78, 5) is 14.8. The van der Waals surface area contributed by atoms with Gasteiger partial charge in [0.15, 0.2) is 0 Å². The molecule has 1 aromatic carbocycles. The minimum Gasteiger partial charge on any atom is -0.481 e. The lowest BCUT2D eigenvalue weighted by atomic mass is 9.99. The van der Waals surface area contributed by atoms with Gasteiger partial charge in [-0.25, -0.2) is 9.67 Å². The van der Waals surface area contributed by atoms with Crippen LogP contribution >= 0.6 is 0 Å². The minimum absolute atomic E-state index is 0.569. The molecule has 2 aromatic rings. The third kappa shape index (κ3) is 1.79. The fourth-order valence-electron chi connectivity index (χ4n) is 1.53. The first-order valence-electron chi connectivity index (χ1n) is 4.87. The van der Waals surface area contributed by atoms with Crippen molar-refractivity contribution in [3.8, 4) is 5.69 Å². The number of carboxylic acid groups (broad SMARTS) is 1. The SMILES string of the molecule is CC(C(=O)O)c1ccccc1-n1cncn1. The van der Waals surface area contributed by atoms with Crippen LogP contribution in [0.2, 0.25) is 0 Å². The van der Waals surface area contributed by atoms with Crippen LogP contribution in [0, 0.1) is 0 Å². The second-order valence-electron chi connectivity index (χ2n) is 3.46. The Kier molecular flexibility index (Phi) is 2.68. The Bertz CT molecular complexity index is 494. The number of benzene rings is 1. The molecule has 0 saturated carbocycles. The van der Waals surface area contributed by atoms with E-state index in [2.05, 4.69) is 10.1 Å². The molecular weight excluding hydrogens is 206 g/mol. The zero-order valence-corrected chi connectivity index (χ0v) is 8.74. The van der Waals surface area contributed by atoms with E-state index in [1.807, 2.05) is 18.2 Å². The van der Waals surface area contributed by atoms with Gasteiger partial charge in [0.25, 0.3) is 0 Å². The maximum atomic E-state index is 11.0. The van der Waals surface area contributed by atoms with Gasteiger partial charge in [-0.15, -0.1) is 0 Å². The van der Waals surface area contributed by atoms with Crippen LogP contribution in [-0.4, -0.2) is 25.8 Å². The van der Waals surface area contributed by atoms with Crippen molar-refractivity contribution in [2.24, 2.45) is 0 Å². The molecule has 1 aromatic heterocycles. The number of carboxylic acids is 1. The first-order valence-corrected chi connectivity index (χ1v) is 4.87. The molecule has 0 saturated heterocycles. The van der Waals surface area contributed by atoms with Gasteiger partial charge in [0.1, 0.15) is 12.7 Å². The lowest BCUT2D eigenvalue weighted by Crippen LogP contribution is -2.11. The van der Waals surface area contributed by atoms with Gasteiger partial charge in [0, 0.05) is 0 Å². The van der Waals surface area contributed by atoms with Crippen molar-refractivity contribution in [3.63, 3.8) is 0 Å². The van der Waals surface area contributed by atoms with Gasteiger partial charge < -0.3 is 5.11 Å². The van der Waals surface area contributed by atoms with Gasteiger partial charge in [-0.2, -0.15) is 5.10 Å². The average Bonchev–Trinajstić information content (AvgIpc) is 2.81. The highest BCUT2D eigenvalue weighted by Gasteiger charge is 2.17. The molecule has 16 heavy (non-hydrogen) atoms. The van der Waals surface area contributed by atoms with Gasteiger partial charge in [-0.05, 0) is 18.6 Å². The molecule has 1 atom stereocenters. The molecule has 1 heterocycles. The molecule has 1 unspecified atom stereocenters. The summed E-state index contributed by atoms with van der Waals surface area (Å²) in [5.74, 6) is -1.42. The Morgan fingerprint density at radius 2 is 2.19 bits per heavy atom. The molecule has 2 rings (SSSR count). The van der Waals surface area contributed by atoms with Crippen LogP contribution in [0.5, 0.6) is 0 Å². The normalized spacial score (nSPS) is 12.3. The Balaban J connectivity index is 2.50. The lowest BCUT2D eigenvalue weighted by Gasteiger charge is -2.12. The fourth-order valence-corrected chi connectivity index (χ4v) is 1.53. The second kappa shape index (κ2) is 4.14. The molecule has 0 spiro atoms. The molecule has 82 valence electrons. The summed E-state index contributed by atoms with van der Waals surface area (Å²) < 4.78 is 1.56. The van der Waals surface area contributed by atoms with Crippen LogP contribution in [-0.2, 0) is 4.79 Å². The highest BCUT2D eigenvalue weighted by Crippen LogP contribution is 2.22. The number of carbonyl (C=O) groups is 1. The molecule has 0 amide bonds. The van der Waals surface area contributed by atoms with E-state index in [0.29, 0.717) is 0 Å². The van der Waals surface area contributed by atoms with E-state index in [1.165, 1.54) is 6.33 Å². The van der Waals surface area contributed by atoms with Crippen molar-refractivity contribution in [2.45, 2.75) is 12.8 Å². The monoisotopic (exact) mass is 217 g/mol. The van der Waals surface area contributed by atoms with Gasteiger partial charge in [0.2, 0.25) is 0 Å². The summed E-state index contributed by atoms with van der Waals surface area (Å²) in [6.07, 6.45) is 2.97. The lowest BCUT2D eigenvalue weighted by molar-refractivity contribution is -0.138. The van der Waals surface area contributed by atoms with Crippen molar-refractivity contribution in [3.05, 3.63) is 42.5 Å². The Morgan fingerprint density at radius 3 is 2.81 bits per heavy atom. The van der Waals surface area contributed by atoms with Crippen molar-refractivity contribution < 1.29 is 9.90 Å². The predicted octanol–water partition coefficient (Wildman–Crippen LogP) is 1.46. The fraction of sp³-hybridized carbons (Fsp3) is 0.182. The van der Waals surface area contributed by atoms with Crippen LogP contribution in [0.4, 0.5) is 0 Å². The topological polar surface area (TPSA) is 68.0 Å². The molecule has 0 fully saturated rings. The zero-order valence-electron chi connectivity index (χ0n) is 8.74. The van der Waals surface area contributed by atoms with E-state index >= 15 is 0 Å². The van der Waals surface area contributed by atoms with Crippen LogP contribution in [0.1, 0.15) is 18.4 Å². The van der Waals surface area contributed by atoms with Crippen LogP contribution in [0.25, 0.3) is 5.69 Å². The van der Waals surface area contributed by atoms with E-state index in [-0.39, 0.29) is 0 Å². The van der Waals surface area contributed by atoms with Gasteiger partial charge in [-0.3, -0.25) is 4.79 Å². The molecular formula is C11H11N3O2. The highest BCUT2D eigenvalue weighted by molar-refractivity contribution is 5.77. The van der Waals surface area contributed by atoms with Crippen molar-refractivity contribution >= 4 is 5.97 Å². The Hall–Kier alpha value is -2.17. The quantitative estimate of drug-likeness (QED) is 0.845. The first-order chi connectivity index (χ1) is 7.70. The second-order valence-corrected chi connectivity index (χ2v) is 3.46. The Labute approximate surface area is 92.4 Å².